The van der Waals surface area contributed by atoms with E-state index in [0.717, 1.165) is 5.69 Å². The maximum Gasteiger partial charge on any atom is 0.309 e. The molecule has 1 unspecified atom stereocenters. The number of nitrogens with zero attached hydrogens (tertiary/aromatic N) is 2. The second-order valence-corrected chi connectivity index (χ2v) is 3.54. The number of aromatic nitrogens is 2. The molecule has 0 saturated carbocycles. The number of esters is 1. The van der Waals surface area contributed by atoms with Gasteiger partial charge in [-0.3, -0.25) is 9.48 Å². The van der Waals surface area contributed by atoms with Crippen molar-refractivity contribution in [3.63, 3.8) is 0 Å². The zero-order valence-corrected chi connectivity index (χ0v) is 9.36. The maximum absolute atomic E-state index is 11.1. The summed E-state index contributed by atoms with van der Waals surface area (Å²) >= 11 is 0. The summed E-state index contributed by atoms with van der Waals surface area (Å²) in [5.41, 5.74) is 0.967. The molecule has 0 amide bonds. The molecule has 0 aromatic carbocycles. The van der Waals surface area contributed by atoms with Gasteiger partial charge in [0.25, 0.3) is 0 Å². The Bertz CT molecular complexity index is 322. The van der Waals surface area contributed by atoms with Gasteiger partial charge in [0.2, 0.25) is 0 Å². The van der Waals surface area contributed by atoms with Crippen LogP contribution < -0.4 is 5.32 Å². The predicted octanol–water partition coefficient (Wildman–Crippen LogP) is 0.319. The Morgan fingerprint density at radius 2 is 2.47 bits per heavy atom. The maximum atomic E-state index is 11.1. The first-order valence-corrected chi connectivity index (χ1v) is 4.90. The van der Waals surface area contributed by atoms with Crippen molar-refractivity contribution in [2.75, 3.05) is 13.7 Å². The fraction of sp³-hybridized carbons (Fsp3) is 0.600. The average molecular weight is 211 g/mol. The van der Waals surface area contributed by atoms with Crippen molar-refractivity contribution in [2.24, 2.45) is 13.0 Å². The molecule has 0 bridgehead atoms. The van der Waals surface area contributed by atoms with Crippen LogP contribution in [-0.4, -0.2) is 29.4 Å². The minimum absolute atomic E-state index is 0.126. The van der Waals surface area contributed by atoms with E-state index in [1.165, 1.54) is 7.11 Å². The summed E-state index contributed by atoms with van der Waals surface area (Å²) < 4.78 is 6.37. The number of hydrogen-bond donors (Lipinski definition) is 1. The van der Waals surface area contributed by atoms with Crippen molar-refractivity contribution >= 4 is 5.97 Å². The number of aryl methyl sites for hydroxylation is 1. The van der Waals surface area contributed by atoms with Crippen molar-refractivity contribution in [1.82, 2.24) is 15.1 Å². The van der Waals surface area contributed by atoms with Crippen LogP contribution in [0.1, 0.15) is 12.6 Å². The van der Waals surface area contributed by atoms with Crippen LogP contribution in [0.2, 0.25) is 0 Å². The molecule has 84 valence electrons. The van der Waals surface area contributed by atoms with Gasteiger partial charge < -0.3 is 10.1 Å². The van der Waals surface area contributed by atoms with Crippen molar-refractivity contribution in [3.05, 3.63) is 18.0 Å². The standard InChI is InChI=1S/C10H17N3O2/c1-8(10(14)15-3)6-11-7-9-4-5-13(2)12-9/h4-5,8,11H,6-7H2,1-3H3. The summed E-state index contributed by atoms with van der Waals surface area (Å²) in [4.78, 5) is 11.1. The van der Waals surface area contributed by atoms with Crippen LogP contribution in [0.25, 0.3) is 0 Å². The molecular formula is C10H17N3O2. The molecule has 1 heterocycles. The third-order valence-corrected chi connectivity index (χ3v) is 2.13. The minimum atomic E-state index is -0.191. The first-order valence-electron chi connectivity index (χ1n) is 4.90. The highest BCUT2D eigenvalue weighted by Gasteiger charge is 2.11. The van der Waals surface area contributed by atoms with Crippen LogP contribution in [0, 0.1) is 5.92 Å². The minimum Gasteiger partial charge on any atom is -0.469 e. The second-order valence-electron chi connectivity index (χ2n) is 3.54. The Balaban J connectivity index is 2.24. The summed E-state index contributed by atoms with van der Waals surface area (Å²) in [6.07, 6.45) is 1.89. The average Bonchev–Trinajstić information content (AvgIpc) is 2.63. The topological polar surface area (TPSA) is 56.1 Å². The van der Waals surface area contributed by atoms with E-state index in [0.29, 0.717) is 13.1 Å². The van der Waals surface area contributed by atoms with Crippen molar-refractivity contribution in [3.8, 4) is 0 Å². The summed E-state index contributed by atoms with van der Waals surface area (Å²) in [5, 5.41) is 7.36. The number of carbonyl (C=O) groups is 1. The summed E-state index contributed by atoms with van der Waals surface area (Å²) in [6.45, 7) is 3.10. The highest BCUT2D eigenvalue weighted by atomic mass is 16.5. The predicted molar refractivity (Wildman–Crippen MR) is 56.1 cm³/mol. The molecule has 1 aromatic rings. The third-order valence-electron chi connectivity index (χ3n) is 2.13. The quantitative estimate of drug-likeness (QED) is 0.713. The molecule has 1 rings (SSSR count). The van der Waals surface area contributed by atoms with Crippen LogP contribution in [-0.2, 0) is 23.1 Å². The Labute approximate surface area is 89.4 Å². The molecular weight excluding hydrogens is 194 g/mol. The van der Waals surface area contributed by atoms with Gasteiger partial charge in [-0.1, -0.05) is 6.92 Å². The van der Waals surface area contributed by atoms with E-state index in [2.05, 4.69) is 15.2 Å². The summed E-state index contributed by atoms with van der Waals surface area (Å²) in [5.74, 6) is -0.317. The SMILES string of the molecule is COC(=O)C(C)CNCc1ccn(C)n1. The van der Waals surface area contributed by atoms with E-state index in [-0.39, 0.29) is 11.9 Å². The summed E-state index contributed by atoms with van der Waals surface area (Å²) in [6, 6.07) is 1.94. The molecule has 5 nitrogen and oxygen atoms in total. The molecule has 1 atom stereocenters. The van der Waals surface area contributed by atoms with Crippen LogP contribution in [0.15, 0.2) is 12.3 Å². The molecule has 0 aliphatic rings. The highest BCUT2D eigenvalue weighted by Crippen LogP contribution is 1.97. The van der Waals surface area contributed by atoms with Crippen LogP contribution in [0.5, 0.6) is 0 Å². The van der Waals surface area contributed by atoms with Gasteiger partial charge in [-0.2, -0.15) is 5.10 Å². The molecule has 15 heavy (non-hydrogen) atoms. The number of ether oxygens (including phenoxy) is 1. The molecule has 1 N–H and O–H groups in total. The number of carbonyl (C=O) groups excluding carboxylic acids is 1. The number of nitrogens with one attached hydrogen (secondary N) is 1. The number of methoxy groups -OCH3 is 1. The molecule has 0 saturated heterocycles. The van der Waals surface area contributed by atoms with Gasteiger partial charge in [0.05, 0.1) is 18.7 Å². The first-order chi connectivity index (χ1) is 7.13. The smallest absolute Gasteiger partial charge is 0.309 e. The highest BCUT2D eigenvalue weighted by molar-refractivity contribution is 5.71. The van der Waals surface area contributed by atoms with Crippen molar-refractivity contribution in [2.45, 2.75) is 13.5 Å². The second kappa shape index (κ2) is 5.50. The Hall–Kier alpha value is -1.36. The molecule has 0 aliphatic heterocycles. The van der Waals surface area contributed by atoms with E-state index in [4.69, 9.17) is 0 Å². The fourth-order valence-corrected chi connectivity index (χ4v) is 1.26. The lowest BCUT2D eigenvalue weighted by atomic mass is 10.2. The van der Waals surface area contributed by atoms with Crippen molar-refractivity contribution in [1.29, 1.82) is 0 Å². The molecule has 1 aromatic heterocycles. The van der Waals surface area contributed by atoms with Gasteiger partial charge in [-0.25, -0.2) is 0 Å². The van der Waals surface area contributed by atoms with Gasteiger partial charge in [-0.15, -0.1) is 0 Å². The zero-order valence-electron chi connectivity index (χ0n) is 9.36. The normalized spacial score (nSPS) is 12.5. The van der Waals surface area contributed by atoms with Gasteiger partial charge in [0, 0.05) is 26.3 Å². The van der Waals surface area contributed by atoms with Crippen LogP contribution in [0.3, 0.4) is 0 Å². The fourth-order valence-electron chi connectivity index (χ4n) is 1.26. The lowest BCUT2D eigenvalue weighted by Gasteiger charge is -2.09. The van der Waals surface area contributed by atoms with E-state index in [9.17, 15) is 4.79 Å². The number of hydrogen-bond acceptors (Lipinski definition) is 4. The molecule has 0 radical (unpaired) electrons. The van der Waals surface area contributed by atoms with Gasteiger partial charge in [-0.05, 0) is 6.07 Å². The van der Waals surface area contributed by atoms with Gasteiger partial charge in [0.1, 0.15) is 0 Å². The Kier molecular flexibility index (Phi) is 4.30. The Morgan fingerprint density at radius 3 is 3.00 bits per heavy atom. The van der Waals surface area contributed by atoms with Gasteiger partial charge in [0.15, 0.2) is 0 Å². The van der Waals surface area contributed by atoms with Crippen LogP contribution >= 0.6 is 0 Å². The van der Waals surface area contributed by atoms with Gasteiger partial charge >= 0.3 is 5.97 Å². The molecule has 0 aliphatic carbocycles. The monoisotopic (exact) mass is 211 g/mol. The van der Waals surface area contributed by atoms with E-state index >= 15 is 0 Å². The van der Waals surface area contributed by atoms with E-state index in [1.54, 1.807) is 4.68 Å². The zero-order chi connectivity index (χ0) is 11.3. The van der Waals surface area contributed by atoms with E-state index in [1.807, 2.05) is 26.2 Å². The lowest BCUT2D eigenvalue weighted by molar-refractivity contribution is -0.144. The molecule has 0 fully saturated rings. The Morgan fingerprint density at radius 1 is 1.73 bits per heavy atom. The van der Waals surface area contributed by atoms with Crippen molar-refractivity contribution < 1.29 is 9.53 Å². The van der Waals surface area contributed by atoms with E-state index < -0.39 is 0 Å². The third kappa shape index (κ3) is 3.71. The first kappa shape index (κ1) is 11.7. The lowest BCUT2D eigenvalue weighted by Crippen LogP contribution is -2.27. The molecule has 5 heteroatoms. The van der Waals surface area contributed by atoms with Crippen LogP contribution in [0.4, 0.5) is 0 Å². The number of rotatable bonds is 5. The largest absolute Gasteiger partial charge is 0.469 e. The summed E-state index contributed by atoms with van der Waals surface area (Å²) in [7, 11) is 3.28. The molecule has 0 spiro atoms.